The molecule has 0 unspecified atom stereocenters. The number of furan rings is 2. The van der Waals surface area contributed by atoms with Crippen LogP contribution in [-0.4, -0.2) is 0 Å². The Balaban J connectivity index is 1.09. The molecule has 2 heterocycles. The number of para-hydroxylation sites is 1. The third-order valence-electron chi connectivity index (χ3n) is 11.2. The third kappa shape index (κ3) is 4.20. The first-order valence-corrected chi connectivity index (χ1v) is 17.9. The van der Waals surface area contributed by atoms with Gasteiger partial charge in [-0.3, -0.25) is 0 Å². The highest BCUT2D eigenvalue weighted by Crippen LogP contribution is 2.51. The van der Waals surface area contributed by atoms with Gasteiger partial charge in [-0.2, -0.15) is 0 Å². The van der Waals surface area contributed by atoms with E-state index in [9.17, 15) is 0 Å². The highest BCUT2D eigenvalue weighted by molar-refractivity contribution is 6.15. The van der Waals surface area contributed by atoms with Gasteiger partial charge in [0, 0.05) is 44.0 Å². The van der Waals surface area contributed by atoms with E-state index >= 15 is 0 Å². The molecule has 0 aliphatic heterocycles. The van der Waals surface area contributed by atoms with Crippen LogP contribution in [0.1, 0.15) is 25.0 Å². The number of fused-ring (bicyclic) bond motifs is 10. The number of nitrogens with zero attached hydrogens (tertiary/aromatic N) is 1. The maximum absolute atomic E-state index is 6.42. The third-order valence-corrected chi connectivity index (χ3v) is 11.2. The lowest BCUT2D eigenvalue weighted by Crippen LogP contribution is -2.15. The van der Waals surface area contributed by atoms with Gasteiger partial charge in [0.2, 0.25) is 0 Å². The van der Waals surface area contributed by atoms with Crippen LogP contribution in [0.15, 0.2) is 173 Å². The summed E-state index contributed by atoms with van der Waals surface area (Å²) in [5, 5.41) is 6.89. The Bertz CT molecular complexity index is 3050. The minimum absolute atomic E-state index is 0.0594. The van der Waals surface area contributed by atoms with Crippen LogP contribution in [0, 0.1) is 0 Å². The summed E-state index contributed by atoms with van der Waals surface area (Å²) in [6.07, 6.45) is 0. The summed E-state index contributed by atoms with van der Waals surface area (Å²) in [5.41, 5.74) is 14.4. The molecule has 0 bridgehead atoms. The zero-order chi connectivity index (χ0) is 34.6. The van der Waals surface area contributed by atoms with Crippen molar-refractivity contribution >= 4 is 71.7 Å². The van der Waals surface area contributed by atoms with Crippen LogP contribution in [-0.2, 0) is 5.41 Å². The summed E-state index contributed by atoms with van der Waals surface area (Å²) in [4.78, 5) is 2.37. The summed E-state index contributed by atoms with van der Waals surface area (Å²) in [6.45, 7) is 4.66. The number of anilines is 3. The number of rotatable bonds is 4. The molecule has 3 nitrogen and oxygen atoms in total. The largest absolute Gasteiger partial charge is 0.456 e. The van der Waals surface area contributed by atoms with Gasteiger partial charge in [-0.25, -0.2) is 0 Å². The molecule has 0 spiro atoms. The van der Waals surface area contributed by atoms with Crippen molar-refractivity contribution in [3.8, 4) is 22.3 Å². The molecule has 10 aromatic rings. The summed E-state index contributed by atoms with van der Waals surface area (Å²) in [7, 11) is 0. The lowest BCUT2D eigenvalue weighted by atomic mass is 9.82. The Hall–Kier alpha value is -6.58. The van der Waals surface area contributed by atoms with Crippen LogP contribution in [0.4, 0.5) is 17.1 Å². The molecule has 0 saturated carbocycles. The quantitative estimate of drug-likeness (QED) is 0.187. The van der Waals surface area contributed by atoms with Crippen molar-refractivity contribution in [3.05, 3.63) is 175 Å². The summed E-state index contributed by atoms with van der Waals surface area (Å²) in [5.74, 6) is 0. The second-order valence-corrected chi connectivity index (χ2v) is 14.5. The summed E-state index contributed by atoms with van der Waals surface area (Å²) in [6, 6.07) is 58.9. The second kappa shape index (κ2) is 10.7. The van der Waals surface area contributed by atoms with Crippen LogP contribution >= 0.6 is 0 Å². The second-order valence-electron chi connectivity index (χ2n) is 14.5. The molecule has 3 heteroatoms. The molecule has 246 valence electrons. The van der Waals surface area contributed by atoms with Crippen molar-refractivity contribution in [2.75, 3.05) is 4.90 Å². The van der Waals surface area contributed by atoms with E-state index in [2.05, 4.69) is 170 Å². The van der Waals surface area contributed by atoms with Gasteiger partial charge in [-0.05, 0) is 111 Å². The molecule has 1 aliphatic carbocycles. The van der Waals surface area contributed by atoms with Crippen LogP contribution in [0.2, 0.25) is 0 Å². The van der Waals surface area contributed by atoms with Crippen molar-refractivity contribution in [1.82, 2.24) is 0 Å². The average molecular weight is 668 g/mol. The summed E-state index contributed by atoms with van der Waals surface area (Å²) >= 11 is 0. The van der Waals surface area contributed by atoms with Crippen LogP contribution < -0.4 is 4.90 Å². The monoisotopic (exact) mass is 667 g/mol. The van der Waals surface area contributed by atoms with Crippen LogP contribution in [0.3, 0.4) is 0 Å². The van der Waals surface area contributed by atoms with E-state index < -0.39 is 0 Å². The van der Waals surface area contributed by atoms with Gasteiger partial charge in [-0.1, -0.05) is 111 Å². The molecule has 0 fully saturated rings. The standard InChI is InChI=1S/C49H33NO2/c1-49(2)42-15-7-5-12-37(42)39-28-34(22-24-43(39)49)50(35-23-25-45-40(29-35)38-13-6-8-16-44(38)51-45)33-20-18-30(19-21-33)36-14-9-17-46-48(36)41-26-31-10-3-4-11-32(31)27-47(41)52-46/h3-29H,1-2H3. The van der Waals surface area contributed by atoms with Gasteiger partial charge in [-0.15, -0.1) is 0 Å². The molecule has 8 aromatic carbocycles. The maximum atomic E-state index is 6.42. The lowest BCUT2D eigenvalue weighted by molar-refractivity contribution is 0.660. The predicted molar refractivity (Wildman–Crippen MR) is 216 cm³/mol. The van der Waals surface area contributed by atoms with Crippen LogP contribution in [0.5, 0.6) is 0 Å². The van der Waals surface area contributed by atoms with E-state index in [0.29, 0.717) is 0 Å². The van der Waals surface area contributed by atoms with Crippen molar-refractivity contribution in [2.45, 2.75) is 19.3 Å². The highest BCUT2D eigenvalue weighted by atomic mass is 16.3. The van der Waals surface area contributed by atoms with Gasteiger partial charge in [0.1, 0.15) is 22.3 Å². The van der Waals surface area contributed by atoms with E-state index in [4.69, 9.17) is 8.83 Å². The highest BCUT2D eigenvalue weighted by Gasteiger charge is 2.35. The first kappa shape index (κ1) is 29.2. The first-order valence-electron chi connectivity index (χ1n) is 17.9. The van der Waals surface area contributed by atoms with Crippen LogP contribution in [0.25, 0.3) is 76.9 Å². The average Bonchev–Trinajstić information content (AvgIpc) is 3.81. The maximum Gasteiger partial charge on any atom is 0.136 e. The Morgan fingerprint density at radius 1 is 0.404 bits per heavy atom. The molecular weight excluding hydrogens is 635 g/mol. The van der Waals surface area contributed by atoms with Crippen molar-refractivity contribution in [3.63, 3.8) is 0 Å². The Morgan fingerprint density at radius 2 is 1.04 bits per heavy atom. The molecule has 11 rings (SSSR count). The van der Waals surface area contributed by atoms with E-state index in [0.717, 1.165) is 72.1 Å². The summed E-state index contributed by atoms with van der Waals surface area (Å²) < 4.78 is 12.7. The van der Waals surface area contributed by atoms with E-state index in [-0.39, 0.29) is 5.41 Å². The molecule has 0 atom stereocenters. The Kier molecular flexibility index (Phi) is 6.01. The molecular formula is C49H33NO2. The Labute approximate surface area is 301 Å². The fraction of sp³-hybridized carbons (Fsp3) is 0.0612. The molecule has 0 N–H and O–H groups in total. The molecule has 0 radical (unpaired) electrons. The zero-order valence-electron chi connectivity index (χ0n) is 28.9. The minimum atomic E-state index is -0.0594. The lowest BCUT2D eigenvalue weighted by Gasteiger charge is -2.27. The van der Waals surface area contributed by atoms with Crippen molar-refractivity contribution in [2.24, 2.45) is 0 Å². The van der Waals surface area contributed by atoms with Crippen molar-refractivity contribution < 1.29 is 8.83 Å². The predicted octanol–water partition coefficient (Wildman–Crippen LogP) is 14.1. The first-order chi connectivity index (χ1) is 25.5. The van der Waals surface area contributed by atoms with Gasteiger partial charge in [0.15, 0.2) is 0 Å². The van der Waals surface area contributed by atoms with E-state index in [1.807, 2.05) is 12.1 Å². The van der Waals surface area contributed by atoms with Gasteiger partial charge in [0.25, 0.3) is 0 Å². The fourth-order valence-corrected chi connectivity index (χ4v) is 8.69. The normalized spacial score (nSPS) is 13.3. The van der Waals surface area contributed by atoms with Gasteiger partial charge in [0.05, 0.1) is 0 Å². The van der Waals surface area contributed by atoms with E-state index in [1.165, 1.54) is 33.0 Å². The number of hydrogen-bond acceptors (Lipinski definition) is 3. The number of benzene rings is 8. The minimum Gasteiger partial charge on any atom is -0.456 e. The zero-order valence-corrected chi connectivity index (χ0v) is 28.9. The van der Waals surface area contributed by atoms with Gasteiger partial charge >= 0.3 is 0 Å². The topological polar surface area (TPSA) is 29.5 Å². The molecule has 0 saturated heterocycles. The SMILES string of the molecule is CC1(C)c2ccccc2-c2cc(N(c3ccc(-c4cccc5oc6cc7ccccc7cc6c45)cc3)c3ccc4oc5ccccc5c4c3)ccc21. The molecule has 52 heavy (non-hydrogen) atoms. The van der Waals surface area contributed by atoms with E-state index in [1.54, 1.807) is 0 Å². The Morgan fingerprint density at radius 3 is 1.92 bits per heavy atom. The fourth-order valence-electron chi connectivity index (χ4n) is 8.69. The smallest absolute Gasteiger partial charge is 0.136 e. The number of hydrogen-bond donors (Lipinski definition) is 0. The van der Waals surface area contributed by atoms with Gasteiger partial charge < -0.3 is 13.7 Å². The molecule has 1 aliphatic rings. The molecule has 0 amide bonds. The molecule has 2 aromatic heterocycles. The van der Waals surface area contributed by atoms with Crippen molar-refractivity contribution in [1.29, 1.82) is 0 Å².